The van der Waals surface area contributed by atoms with Gasteiger partial charge in [-0.2, -0.15) is 0 Å². The lowest BCUT2D eigenvalue weighted by molar-refractivity contribution is 0.0523. The number of aromatic amines is 1. The van der Waals surface area contributed by atoms with Gasteiger partial charge in [-0.15, -0.1) is 0 Å². The fourth-order valence-electron chi connectivity index (χ4n) is 5.45. The van der Waals surface area contributed by atoms with Crippen molar-refractivity contribution in [1.29, 1.82) is 0 Å². The monoisotopic (exact) mass is 492 g/mol. The van der Waals surface area contributed by atoms with Crippen molar-refractivity contribution in [3.63, 3.8) is 0 Å². The van der Waals surface area contributed by atoms with E-state index in [0.29, 0.717) is 39.6 Å². The Kier molecular flexibility index (Phi) is 7.02. The lowest BCUT2D eigenvalue weighted by Gasteiger charge is -2.40. The van der Waals surface area contributed by atoms with Crippen molar-refractivity contribution < 1.29 is 9.53 Å². The molecule has 1 aliphatic carbocycles. The van der Waals surface area contributed by atoms with Gasteiger partial charge in [0.1, 0.15) is 5.75 Å². The van der Waals surface area contributed by atoms with Crippen molar-refractivity contribution in [2.24, 2.45) is 0 Å². The number of carbonyl (C=O) groups is 1. The highest BCUT2D eigenvalue weighted by Crippen LogP contribution is 2.24. The van der Waals surface area contributed by atoms with E-state index < -0.39 is 0 Å². The molecule has 1 N–H and O–H groups in total. The van der Waals surface area contributed by atoms with E-state index >= 15 is 0 Å². The van der Waals surface area contributed by atoms with Gasteiger partial charge in [0.15, 0.2) is 4.77 Å². The number of hydrogen-bond donors (Lipinski definition) is 1. The average molecular weight is 493 g/mol. The minimum Gasteiger partial charge on any atom is -0.496 e. The van der Waals surface area contributed by atoms with Crippen LogP contribution in [0.5, 0.6) is 5.75 Å². The summed E-state index contributed by atoms with van der Waals surface area (Å²) in [5.74, 6) is 0.714. The van der Waals surface area contributed by atoms with Gasteiger partial charge in [0.05, 0.1) is 24.6 Å². The van der Waals surface area contributed by atoms with Crippen LogP contribution in [0.2, 0.25) is 0 Å². The smallest absolute Gasteiger partial charge is 0.262 e. The summed E-state index contributed by atoms with van der Waals surface area (Å²) in [6.45, 7) is 3.65. The molecule has 184 valence electrons. The second-order valence-electron chi connectivity index (χ2n) is 9.51. The number of rotatable bonds is 5. The fourth-order valence-corrected chi connectivity index (χ4v) is 5.71. The molecule has 0 spiro atoms. The van der Waals surface area contributed by atoms with Gasteiger partial charge in [-0.05, 0) is 49.3 Å². The van der Waals surface area contributed by atoms with E-state index in [2.05, 4.69) is 9.88 Å². The molecule has 1 aliphatic heterocycles. The summed E-state index contributed by atoms with van der Waals surface area (Å²) in [6.07, 6.45) is 6.57. The van der Waals surface area contributed by atoms with E-state index in [9.17, 15) is 9.59 Å². The Morgan fingerprint density at radius 2 is 1.80 bits per heavy atom. The Hall–Kier alpha value is -2.97. The van der Waals surface area contributed by atoms with E-state index in [0.717, 1.165) is 31.7 Å². The van der Waals surface area contributed by atoms with Crippen LogP contribution in [0.4, 0.5) is 0 Å². The zero-order valence-electron chi connectivity index (χ0n) is 20.2. The molecule has 8 heteroatoms. The zero-order valence-corrected chi connectivity index (χ0v) is 21.0. The molecule has 2 fully saturated rings. The van der Waals surface area contributed by atoms with Gasteiger partial charge in [-0.25, -0.2) is 0 Å². The summed E-state index contributed by atoms with van der Waals surface area (Å²) in [5.41, 5.74) is 1.85. The van der Waals surface area contributed by atoms with Gasteiger partial charge in [-0.3, -0.25) is 19.1 Å². The van der Waals surface area contributed by atoms with Gasteiger partial charge in [0.25, 0.3) is 11.5 Å². The topological polar surface area (TPSA) is 70.6 Å². The summed E-state index contributed by atoms with van der Waals surface area (Å²) < 4.78 is 7.27. The fraction of sp³-hybridized carbons (Fsp3) is 0.444. The Bertz CT molecular complexity index is 1330. The van der Waals surface area contributed by atoms with Crippen molar-refractivity contribution in [3.8, 4) is 5.75 Å². The van der Waals surface area contributed by atoms with Crippen LogP contribution in [0.25, 0.3) is 10.9 Å². The molecule has 2 aromatic carbocycles. The molecule has 2 aliphatic rings. The molecule has 0 atom stereocenters. The normalized spacial score (nSPS) is 17.6. The lowest BCUT2D eigenvalue weighted by atomic mass is 9.94. The molecule has 3 aromatic rings. The minimum atomic E-state index is -0.185. The van der Waals surface area contributed by atoms with Crippen LogP contribution in [-0.4, -0.2) is 64.6 Å². The second kappa shape index (κ2) is 10.3. The summed E-state index contributed by atoms with van der Waals surface area (Å²) in [4.78, 5) is 34.2. The summed E-state index contributed by atoms with van der Waals surface area (Å²) in [5, 5.41) is 0.507. The van der Waals surface area contributed by atoms with Crippen LogP contribution < -0.4 is 10.3 Å². The summed E-state index contributed by atoms with van der Waals surface area (Å²) in [7, 11) is 1.61. The number of H-pyrrole nitrogens is 1. The molecule has 0 unspecified atom stereocenters. The van der Waals surface area contributed by atoms with Crippen molar-refractivity contribution in [1.82, 2.24) is 19.4 Å². The van der Waals surface area contributed by atoms with Crippen LogP contribution in [-0.2, 0) is 6.54 Å². The van der Waals surface area contributed by atoms with Crippen LogP contribution in [0.15, 0.2) is 47.3 Å². The molecule has 0 radical (unpaired) electrons. The number of fused-ring (bicyclic) bond motifs is 1. The van der Waals surface area contributed by atoms with Crippen molar-refractivity contribution in [2.45, 2.75) is 44.7 Å². The summed E-state index contributed by atoms with van der Waals surface area (Å²) in [6, 6.07) is 13.5. The maximum atomic E-state index is 13.3. The number of methoxy groups -OCH3 is 1. The number of ether oxygens (including phenoxy) is 1. The molecule has 2 heterocycles. The molecule has 5 rings (SSSR count). The molecule has 1 aromatic heterocycles. The minimum absolute atomic E-state index is 0.00714. The molecule has 35 heavy (non-hydrogen) atoms. The van der Waals surface area contributed by atoms with Gasteiger partial charge in [0.2, 0.25) is 0 Å². The highest BCUT2D eigenvalue weighted by atomic mass is 32.1. The zero-order chi connectivity index (χ0) is 24.4. The van der Waals surface area contributed by atoms with E-state index in [1.165, 1.54) is 36.7 Å². The highest BCUT2D eigenvalue weighted by Gasteiger charge is 2.27. The van der Waals surface area contributed by atoms with Crippen LogP contribution in [0.1, 0.15) is 48.0 Å². The number of carbonyl (C=O) groups excluding carboxylic acids is 1. The maximum Gasteiger partial charge on any atom is 0.262 e. The number of aromatic nitrogens is 2. The molecule has 1 amide bonds. The van der Waals surface area contributed by atoms with Gasteiger partial charge in [-0.1, -0.05) is 37.5 Å². The van der Waals surface area contributed by atoms with Gasteiger partial charge >= 0.3 is 0 Å². The third kappa shape index (κ3) is 4.90. The quantitative estimate of drug-likeness (QED) is 0.541. The molecule has 7 nitrogen and oxygen atoms in total. The Morgan fingerprint density at radius 1 is 1.06 bits per heavy atom. The molecular formula is C27H32N4O3S. The molecule has 0 bridgehead atoms. The summed E-state index contributed by atoms with van der Waals surface area (Å²) >= 11 is 5.52. The number of nitrogens with zero attached hydrogens (tertiary/aromatic N) is 3. The number of piperazine rings is 1. The van der Waals surface area contributed by atoms with E-state index in [4.69, 9.17) is 17.0 Å². The average Bonchev–Trinajstić information content (AvgIpc) is 2.91. The lowest BCUT2D eigenvalue weighted by Crippen LogP contribution is -2.52. The van der Waals surface area contributed by atoms with Crippen LogP contribution in [0.3, 0.4) is 0 Å². The first-order valence-corrected chi connectivity index (χ1v) is 12.9. The Balaban J connectivity index is 1.34. The highest BCUT2D eigenvalue weighted by molar-refractivity contribution is 7.71. The van der Waals surface area contributed by atoms with Crippen LogP contribution in [0, 0.1) is 4.77 Å². The number of hydrogen-bond acceptors (Lipinski definition) is 5. The van der Waals surface area contributed by atoms with Crippen LogP contribution >= 0.6 is 12.2 Å². The number of amides is 1. The number of nitrogens with one attached hydrogen (secondary N) is 1. The molecule has 1 saturated carbocycles. The molecule has 1 saturated heterocycles. The Morgan fingerprint density at radius 3 is 2.54 bits per heavy atom. The van der Waals surface area contributed by atoms with E-state index in [-0.39, 0.29) is 11.5 Å². The SMILES string of the molecule is COc1ccccc1Cn1c(=S)[nH]c2cc(C(=O)N3CCN(C4CCCCC4)CC3)ccc2c1=O. The number of para-hydroxylation sites is 1. The third-order valence-corrected chi connectivity index (χ3v) is 7.76. The van der Waals surface area contributed by atoms with Crippen molar-refractivity contribution >= 4 is 29.0 Å². The van der Waals surface area contributed by atoms with E-state index in [1.54, 1.807) is 25.3 Å². The molecular weight excluding hydrogens is 460 g/mol. The van der Waals surface area contributed by atoms with Gasteiger partial charge < -0.3 is 14.6 Å². The predicted molar refractivity (Wildman–Crippen MR) is 140 cm³/mol. The first-order chi connectivity index (χ1) is 17.0. The largest absolute Gasteiger partial charge is 0.496 e. The van der Waals surface area contributed by atoms with E-state index in [1.807, 2.05) is 29.2 Å². The third-order valence-electron chi connectivity index (χ3n) is 7.44. The van der Waals surface area contributed by atoms with Gasteiger partial charge in [0, 0.05) is 43.3 Å². The predicted octanol–water partition coefficient (Wildman–Crippen LogP) is 4.21. The first kappa shape index (κ1) is 23.8. The maximum absolute atomic E-state index is 13.3. The second-order valence-corrected chi connectivity index (χ2v) is 9.90. The van der Waals surface area contributed by atoms with Crippen molar-refractivity contribution in [2.75, 3.05) is 33.3 Å². The first-order valence-electron chi connectivity index (χ1n) is 12.5. The Labute approximate surface area is 210 Å². The standard InChI is InChI=1S/C27H32N4O3S/c1-34-24-10-6-5-7-20(24)18-31-26(33)22-12-11-19(17-23(22)28-27(31)35)25(32)30-15-13-29(14-16-30)21-8-3-2-4-9-21/h5-7,10-12,17,21H,2-4,8-9,13-16,18H2,1H3,(H,28,35). The number of benzene rings is 2. The van der Waals surface area contributed by atoms with Crippen molar-refractivity contribution in [3.05, 3.63) is 68.7 Å².